The van der Waals surface area contributed by atoms with E-state index in [0.717, 1.165) is 10.0 Å². The maximum absolute atomic E-state index is 12.1. The maximum atomic E-state index is 12.1. The van der Waals surface area contributed by atoms with Crippen LogP contribution in [0, 0.1) is 0 Å². The van der Waals surface area contributed by atoms with Crippen LogP contribution in [-0.2, 0) is 4.79 Å². The summed E-state index contributed by atoms with van der Waals surface area (Å²) in [4.78, 5) is 16.2. The molecule has 1 atom stereocenters. The number of benzene rings is 1. The van der Waals surface area contributed by atoms with Gasteiger partial charge in [0.15, 0.2) is 0 Å². The van der Waals surface area contributed by atoms with Crippen LogP contribution in [0.15, 0.2) is 53.1 Å². The van der Waals surface area contributed by atoms with Gasteiger partial charge in [-0.05, 0) is 24.6 Å². The van der Waals surface area contributed by atoms with Gasteiger partial charge in [-0.3, -0.25) is 4.79 Å². The van der Waals surface area contributed by atoms with Crippen molar-refractivity contribution in [1.29, 1.82) is 0 Å². The zero-order chi connectivity index (χ0) is 13.0. The van der Waals surface area contributed by atoms with Gasteiger partial charge >= 0.3 is 0 Å². The lowest BCUT2D eigenvalue weighted by Gasteiger charge is -2.12. The molecule has 2 aromatic rings. The number of nitrogens with zero attached hydrogens (tertiary/aromatic N) is 1. The Hall–Kier alpha value is -1.68. The van der Waals surface area contributed by atoms with E-state index in [1.807, 2.05) is 43.3 Å². The summed E-state index contributed by atoms with van der Waals surface area (Å²) < 4.78 is 0.889. The minimum atomic E-state index is -0.202. The fourth-order valence-electron chi connectivity index (χ4n) is 1.60. The molecule has 4 heteroatoms. The zero-order valence-corrected chi connectivity index (χ0v) is 11.5. The molecule has 1 amide bonds. The van der Waals surface area contributed by atoms with Gasteiger partial charge in [0.05, 0.1) is 5.92 Å². The van der Waals surface area contributed by atoms with Crippen LogP contribution in [0.1, 0.15) is 18.4 Å². The number of halogens is 1. The standard InChI is InChI=1S/C14H13BrN2O/c1-10(11-5-3-2-4-6-11)14(18)17-13-9-12(15)7-8-16-13/h2-10H,1H3,(H,16,17,18). The normalized spacial score (nSPS) is 11.9. The summed E-state index contributed by atoms with van der Waals surface area (Å²) in [6.07, 6.45) is 1.65. The fraction of sp³-hybridized carbons (Fsp3) is 0.143. The van der Waals surface area contributed by atoms with Crippen LogP contribution in [0.3, 0.4) is 0 Å². The Morgan fingerprint density at radius 3 is 2.67 bits per heavy atom. The smallest absolute Gasteiger partial charge is 0.232 e. The Morgan fingerprint density at radius 1 is 1.28 bits per heavy atom. The highest BCUT2D eigenvalue weighted by molar-refractivity contribution is 9.10. The number of carbonyl (C=O) groups excluding carboxylic acids is 1. The number of nitrogens with one attached hydrogen (secondary N) is 1. The Bertz CT molecular complexity index is 543. The third kappa shape index (κ3) is 3.17. The average Bonchev–Trinajstić information content (AvgIpc) is 2.39. The molecule has 0 saturated heterocycles. The predicted molar refractivity (Wildman–Crippen MR) is 75.4 cm³/mol. The van der Waals surface area contributed by atoms with Gasteiger partial charge in [-0.2, -0.15) is 0 Å². The molecule has 0 aliphatic carbocycles. The van der Waals surface area contributed by atoms with Crippen LogP contribution in [-0.4, -0.2) is 10.9 Å². The van der Waals surface area contributed by atoms with Gasteiger partial charge in [0.25, 0.3) is 0 Å². The third-order valence-corrected chi connectivity index (χ3v) is 3.16. The summed E-state index contributed by atoms with van der Waals surface area (Å²) in [5.74, 6) is 0.288. The summed E-state index contributed by atoms with van der Waals surface area (Å²) in [5, 5.41) is 2.80. The molecule has 1 N–H and O–H groups in total. The van der Waals surface area contributed by atoms with Crippen molar-refractivity contribution in [3.05, 3.63) is 58.7 Å². The van der Waals surface area contributed by atoms with E-state index >= 15 is 0 Å². The SMILES string of the molecule is CC(C(=O)Nc1cc(Br)ccn1)c1ccccc1. The number of rotatable bonds is 3. The first-order chi connectivity index (χ1) is 8.66. The van der Waals surface area contributed by atoms with Gasteiger partial charge in [-0.15, -0.1) is 0 Å². The number of carbonyl (C=O) groups is 1. The molecule has 1 unspecified atom stereocenters. The van der Waals surface area contributed by atoms with Crippen molar-refractivity contribution in [1.82, 2.24) is 4.98 Å². The maximum Gasteiger partial charge on any atom is 0.232 e. The van der Waals surface area contributed by atoms with Crippen molar-refractivity contribution in [2.45, 2.75) is 12.8 Å². The van der Waals surface area contributed by atoms with E-state index in [0.29, 0.717) is 5.82 Å². The Kier molecular flexibility index (Phi) is 4.10. The van der Waals surface area contributed by atoms with Crippen molar-refractivity contribution >= 4 is 27.7 Å². The molecular formula is C14H13BrN2O. The lowest BCUT2D eigenvalue weighted by molar-refractivity contribution is -0.117. The zero-order valence-electron chi connectivity index (χ0n) is 9.93. The average molecular weight is 305 g/mol. The minimum absolute atomic E-state index is 0.0631. The van der Waals surface area contributed by atoms with Crippen molar-refractivity contribution in [3.63, 3.8) is 0 Å². The lowest BCUT2D eigenvalue weighted by Crippen LogP contribution is -2.19. The quantitative estimate of drug-likeness (QED) is 0.941. The molecule has 0 saturated carbocycles. The summed E-state index contributed by atoms with van der Waals surface area (Å²) in [6, 6.07) is 13.3. The predicted octanol–water partition coefficient (Wildman–Crippen LogP) is 3.59. The first-order valence-corrected chi connectivity index (χ1v) is 6.43. The summed E-state index contributed by atoms with van der Waals surface area (Å²) in [6.45, 7) is 1.88. The van der Waals surface area contributed by atoms with Gasteiger partial charge in [0.2, 0.25) is 5.91 Å². The van der Waals surface area contributed by atoms with Crippen LogP contribution in [0.5, 0.6) is 0 Å². The monoisotopic (exact) mass is 304 g/mol. The molecule has 0 fully saturated rings. The summed E-state index contributed by atoms with van der Waals surface area (Å²) in [5.41, 5.74) is 0.991. The molecule has 1 aromatic heterocycles. The Morgan fingerprint density at radius 2 is 2.00 bits per heavy atom. The van der Waals surface area contributed by atoms with E-state index in [-0.39, 0.29) is 11.8 Å². The van der Waals surface area contributed by atoms with Gasteiger partial charge in [0.1, 0.15) is 5.82 Å². The topological polar surface area (TPSA) is 42.0 Å². The Balaban J connectivity index is 2.09. The van der Waals surface area contributed by atoms with Gasteiger partial charge in [0, 0.05) is 10.7 Å². The molecule has 3 nitrogen and oxygen atoms in total. The third-order valence-electron chi connectivity index (χ3n) is 2.67. The largest absolute Gasteiger partial charge is 0.310 e. The van der Waals surface area contributed by atoms with Crippen LogP contribution in [0.25, 0.3) is 0 Å². The number of pyridine rings is 1. The summed E-state index contributed by atoms with van der Waals surface area (Å²) in [7, 11) is 0. The summed E-state index contributed by atoms with van der Waals surface area (Å²) >= 11 is 3.34. The lowest BCUT2D eigenvalue weighted by atomic mass is 10.0. The van der Waals surface area contributed by atoms with Crippen molar-refractivity contribution in [2.24, 2.45) is 0 Å². The number of amides is 1. The van der Waals surface area contributed by atoms with E-state index in [2.05, 4.69) is 26.2 Å². The molecule has 2 rings (SSSR count). The van der Waals surface area contributed by atoms with Crippen LogP contribution >= 0.6 is 15.9 Å². The van der Waals surface area contributed by atoms with Crippen LogP contribution in [0.2, 0.25) is 0 Å². The number of hydrogen-bond acceptors (Lipinski definition) is 2. The second-order valence-corrected chi connectivity index (χ2v) is 4.90. The second kappa shape index (κ2) is 5.78. The van der Waals surface area contributed by atoms with Crippen molar-refractivity contribution in [3.8, 4) is 0 Å². The molecule has 0 bridgehead atoms. The fourth-order valence-corrected chi connectivity index (χ4v) is 1.94. The molecule has 0 spiro atoms. The first kappa shape index (κ1) is 12.8. The Labute approximate surface area is 114 Å². The number of hydrogen-bond donors (Lipinski definition) is 1. The van der Waals surface area contributed by atoms with Crippen molar-refractivity contribution < 1.29 is 4.79 Å². The molecule has 1 heterocycles. The van der Waals surface area contributed by atoms with Gasteiger partial charge in [-0.1, -0.05) is 46.3 Å². The van der Waals surface area contributed by atoms with Crippen molar-refractivity contribution in [2.75, 3.05) is 5.32 Å². The highest BCUT2D eigenvalue weighted by Crippen LogP contribution is 2.18. The number of aromatic nitrogens is 1. The van der Waals surface area contributed by atoms with E-state index < -0.39 is 0 Å². The van der Waals surface area contributed by atoms with Gasteiger partial charge < -0.3 is 5.32 Å². The molecule has 18 heavy (non-hydrogen) atoms. The van der Waals surface area contributed by atoms with E-state index in [4.69, 9.17) is 0 Å². The second-order valence-electron chi connectivity index (χ2n) is 3.98. The highest BCUT2D eigenvalue weighted by atomic mass is 79.9. The molecule has 92 valence electrons. The molecule has 0 aliphatic rings. The minimum Gasteiger partial charge on any atom is -0.310 e. The number of anilines is 1. The molecule has 1 aromatic carbocycles. The molecule has 0 radical (unpaired) electrons. The molecule has 0 aliphatic heterocycles. The van der Waals surface area contributed by atoms with Crippen LogP contribution in [0.4, 0.5) is 5.82 Å². The van der Waals surface area contributed by atoms with Crippen LogP contribution < -0.4 is 5.32 Å². The first-order valence-electron chi connectivity index (χ1n) is 5.64. The van der Waals surface area contributed by atoms with E-state index in [1.54, 1.807) is 12.3 Å². The molecular weight excluding hydrogens is 292 g/mol. The van der Waals surface area contributed by atoms with E-state index in [9.17, 15) is 4.79 Å². The van der Waals surface area contributed by atoms with E-state index in [1.165, 1.54) is 0 Å². The highest BCUT2D eigenvalue weighted by Gasteiger charge is 2.15. The van der Waals surface area contributed by atoms with Gasteiger partial charge in [-0.25, -0.2) is 4.98 Å².